The van der Waals surface area contributed by atoms with E-state index >= 15 is 0 Å². The first-order valence-electron chi connectivity index (χ1n) is 13.1. The zero-order valence-corrected chi connectivity index (χ0v) is 25.0. The number of hydrogen-bond acceptors (Lipinski definition) is 7. The topological polar surface area (TPSA) is 97.7 Å². The van der Waals surface area contributed by atoms with Gasteiger partial charge in [0.15, 0.2) is 0 Å². The quantitative estimate of drug-likeness (QED) is 0.254. The van der Waals surface area contributed by atoms with E-state index in [0.717, 1.165) is 35.2 Å². The fourth-order valence-electron chi connectivity index (χ4n) is 5.54. The van der Waals surface area contributed by atoms with Crippen LogP contribution in [0.3, 0.4) is 0 Å². The largest absolute Gasteiger partial charge is 0.496 e. The second kappa shape index (κ2) is 11.5. The molecule has 226 valence electrons. The second-order valence-corrected chi connectivity index (χ2v) is 12.5. The first kappa shape index (κ1) is 30.0. The molecule has 14 heteroatoms. The molecule has 0 bridgehead atoms. The summed E-state index contributed by atoms with van der Waals surface area (Å²) in [6.45, 7) is -0.404. The van der Waals surface area contributed by atoms with Gasteiger partial charge in [0.25, 0.3) is 0 Å². The summed E-state index contributed by atoms with van der Waals surface area (Å²) in [7, 11) is 1.43. The van der Waals surface area contributed by atoms with E-state index in [1.807, 2.05) is 0 Å². The molecular weight excluding hydrogens is 639 g/mol. The summed E-state index contributed by atoms with van der Waals surface area (Å²) in [4.78, 5) is 54.8. The van der Waals surface area contributed by atoms with Crippen LogP contribution in [0, 0.1) is 5.92 Å². The standard InChI is InChI=1S/C30H21ClF3N3O5S2/c1-42-20-9-5-2-6-17(20)22-23-24(27(40)37(26(23)39)19-8-4-3-7-18(19)30(32,33)34)43-28-25(22)44-29(41)36(28)14-21(38)35-16-12-10-15(31)11-13-16/h2-13,22-24H,14H2,1H3,(H,35,38). The molecule has 3 unspecified atom stereocenters. The van der Waals surface area contributed by atoms with Crippen LogP contribution >= 0.6 is 34.7 Å². The van der Waals surface area contributed by atoms with Crippen molar-refractivity contribution in [3.05, 3.63) is 103 Å². The molecule has 3 aromatic carbocycles. The Kier molecular flexibility index (Phi) is 7.80. The highest BCUT2D eigenvalue weighted by Gasteiger charge is 2.58. The maximum absolute atomic E-state index is 14.0. The summed E-state index contributed by atoms with van der Waals surface area (Å²) in [6, 6.07) is 17.5. The number of benzene rings is 3. The number of halogens is 4. The van der Waals surface area contributed by atoms with E-state index < -0.39 is 63.7 Å². The van der Waals surface area contributed by atoms with Crippen LogP contribution < -0.4 is 19.8 Å². The normalized spacial score (nSPS) is 19.5. The van der Waals surface area contributed by atoms with E-state index in [1.54, 1.807) is 48.5 Å². The summed E-state index contributed by atoms with van der Waals surface area (Å²) >= 11 is 7.64. The second-order valence-electron chi connectivity index (χ2n) is 9.99. The van der Waals surface area contributed by atoms with Gasteiger partial charge in [0.05, 0.1) is 29.3 Å². The zero-order valence-electron chi connectivity index (χ0n) is 22.6. The highest BCUT2D eigenvalue weighted by Crippen LogP contribution is 2.55. The van der Waals surface area contributed by atoms with Gasteiger partial charge in [-0.05, 0) is 42.5 Å². The van der Waals surface area contributed by atoms with Crippen molar-refractivity contribution in [2.75, 3.05) is 17.3 Å². The molecule has 44 heavy (non-hydrogen) atoms. The smallest absolute Gasteiger partial charge is 0.418 e. The van der Waals surface area contributed by atoms with Crippen LogP contribution in [0.1, 0.15) is 21.9 Å². The van der Waals surface area contributed by atoms with E-state index in [1.165, 1.54) is 23.8 Å². The van der Waals surface area contributed by atoms with Gasteiger partial charge in [-0.1, -0.05) is 65.0 Å². The summed E-state index contributed by atoms with van der Waals surface area (Å²) in [5, 5.41) is 2.28. The van der Waals surface area contributed by atoms with Gasteiger partial charge in [-0.15, -0.1) is 0 Å². The van der Waals surface area contributed by atoms with Gasteiger partial charge >= 0.3 is 11.0 Å². The lowest BCUT2D eigenvalue weighted by Gasteiger charge is -2.31. The van der Waals surface area contributed by atoms with Crippen LogP contribution in [0.4, 0.5) is 24.5 Å². The molecule has 0 saturated carbocycles. The van der Waals surface area contributed by atoms with Gasteiger partial charge in [-0.3, -0.25) is 23.7 Å². The van der Waals surface area contributed by atoms with E-state index in [0.29, 0.717) is 31.8 Å². The third-order valence-corrected chi connectivity index (χ3v) is 10.3. The van der Waals surface area contributed by atoms with E-state index in [-0.39, 0.29) is 5.03 Å². The van der Waals surface area contributed by atoms with Crippen LogP contribution in [0.2, 0.25) is 5.02 Å². The molecule has 0 aliphatic carbocycles. The number of carbonyl (C=O) groups is 3. The van der Waals surface area contributed by atoms with Crippen molar-refractivity contribution in [1.29, 1.82) is 0 Å². The van der Waals surface area contributed by atoms with Crippen molar-refractivity contribution in [2.24, 2.45) is 5.92 Å². The number of thioether (sulfide) groups is 1. The predicted octanol–water partition coefficient (Wildman–Crippen LogP) is 6.03. The summed E-state index contributed by atoms with van der Waals surface area (Å²) in [5.74, 6) is -3.88. The number of ether oxygens (including phenoxy) is 1. The van der Waals surface area contributed by atoms with Gasteiger partial charge in [0.1, 0.15) is 17.5 Å². The number of nitrogens with one attached hydrogen (secondary N) is 1. The molecule has 1 fully saturated rings. The maximum atomic E-state index is 14.0. The molecule has 1 N–H and O–H groups in total. The molecule has 0 spiro atoms. The summed E-state index contributed by atoms with van der Waals surface area (Å²) in [6.07, 6.45) is -4.82. The Hall–Kier alpha value is -4.07. The molecular formula is C30H21ClF3N3O5S2. The first-order chi connectivity index (χ1) is 21.0. The first-order valence-corrected chi connectivity index (χ1v) is 15.2. The van der Waals surface area contributed by atoms with Crippen LogP contribution in [0.25, 0.3) is 0 Å². The van der Waals surface area contributed by atoms with Crippen molar-refractivity contribution in [3.63, 3.8) is 0 Å². The number of alkyl halides is 3. The lowest BCUT2D eigenvalue weighted by atomic mass is 9.82. The van der Waals surface area contributed by atoms with Crippen molar-refractivity contribution in [2.45, 2.75) is 28.9 Å². The molecule has 3 amide bonds. The number of fused-ring (bicyclic) bond motifs is 2. The summed E-state index contributed by atoms with van der Waals surface area (Å²) in [5.41, 5.74) is -0.749. The van der Waals surface area contributed by atoms with Crippen molar-refractivity contribution >= 4 is 63.8 Å². The van der Waals surface area contributed by atoms with Crippen LogP contribution in [0.5, 0.6) is 5.75 Å². The Morgan fingerprint density at radius 2 is 1.66 bits per heavy atom. The molecule has 0 radical (unpaired) electrons. The average molecular weight is 660 g/mol. The Labute approximate surface area is 261 Å². The molecule has 3 heterocycles. The van der Waals surface area contributed by atoms with Crippen LogP contribution in [0.15, 0.2) is 82.6 Å². The molecule has 1 saturated heterocycles. The van der Waals surface area contributed by atoms with Crippen LogP contribution in [-0.4, -0.2) is 34.6 Å². The number of para-hydroxylation sites is 2. The Balaban J connectivity index is 1.45. The van der Waals surface area contributed by atoms with Gasteiger partial charge in [-0.25, -0.2) is 4.90 Å². The fourth-order valence-corrected chi connectivity index (χ4v) is 8.43. The number of amides is 3. The number of aromatic nitrogens is 1. The number of hydrogen-bond donors (Lipinski definition) is 1. The number of carbonyl (C=O) groups excluding carboxylic acids is 3. The van der Waals surface area contributed by atoms with Crippen molar-refractivity contribution in [1.82, 2.24) is 4.57 Å². The van der Waals surface area contributed by atoms with Crippen molar-refractivity contribution in [3.8, 4) is 5.75 Å². The maximum Gasteiger partial charge on any atom is 0.418 e. The van der Waals surface area contributed by atoms with E-state index in [9.17, 15) is 32.3 Å². The number of rotatable bonds is 6. The fraction of sp³-hybridized carbons (Fsp3) is 0.200. The molecule has 3 atom stereocenters. The third kappa shape index (κ3) is 5.18. The van der Waals surface area contributed by atoms with Gasteiger partial charge in [0, 0.05) is 27.1 Å². The van der Waals surface area contributed by atoms with Crippen LogP contribution in [-0.2, 0) is 27.1 Å². The highest BCUT2D eigenvalue weighted by atomic mass is 35.5. The average Bonchev–Trinajstić information content (AvgIpc) is 3.44. The van der Waals surface area contributed by atoms with Gasteiger partial charge < -0.3 is 10.1 Å². The van der Waals surface area contributed by atoms with Gasteiger partial charge in [0.2, 0.25) is 17.7 Å². The minimum absolute atomic E-state index is 0.288. The molecule has 2 aliphatic rings. The lowest BCUT2D eigenvalue weighted by Crippen LogP contribution is -2.33. The molecule has 8 nitrogen and oxygen atoms in total. The molecule has 4 aromatic rings. The number of imide groups is 1. The Morgan fingerprint density at radius 3 is 2.36 bits per heavy atom. The predicted molar refractivity (Wildman–Crippen MR) is 161 cm³/mol. The van der Waals surface area contributed by atoms with E-state index in [4.69, 9.17) is 16.3 Å². The highest BCUT2D eigenvalue weighted by molar-refractivity contribution is 8.00. The van der Waals surface area contributed by atoms with Gasteiger partial charge in [-0.2, -0.15) is 13.2 Å². The zero-order chi connectivity index (χ0) is 31.3. The Morgan fingerprint density at radius 1 is 0.977 bits per heavy atom. The number of anilines is 2. The molecule has 1 aromatic heterocycles. The Bertz CT molecular complexity index is 1860. The summed E-state index contributed by atoms with van der Waals surface area (Å²) < 4.78 is 48.7. The third-order valence-electron chi connectivity index (χ3n) is 7.40. The SMILES string of the molecule is COc1ccccc1C1c2sc(=O)n(CC(=O)Nc3ccc(Cl)cc3)c2SC2C(=O)N(c3ccccc3C(F)(F)F)C(=O)C21. The monoisotopic (exact) mass is 659 g/mol. The van der Waals surface area contributed by atoms with Crippen molar-refractivity contribution < 1.29 is 32.3 Å². The number of methoxy groups -OCH3 is 1. The number of thiazole rings is 1. The van der Waals surface area contributed by atoms with E-state index in [2.05, 4.69) is 5.32 Å². The lowest BCUT2D eigenvalue weighted by molar-refractivity contribution is -0.137. The minimum Gasteiger partial charge on any atom is -0.496 e. The number of nitrogens with zero attached hydrogens (tertiary/aromatic N) is 2. The molecule has 2 aliphatic heterocycles. The molecule has 6 rings (SSSR count). The minimum atomic E-state index is -4.82.